The maximum absolute atomic E-state index is 8.00. The SMILES string of the molecule is C=O.CC.CCc1ccc(OC)cc1. The van der Waals surface area contributed by atoms with Gasteiger partial charge in [0, 0.05) is 0 Å². The molecular formula is C12H20O2. The molecule has 0 radical (unpaired) electrons. The smallest absolute Gasteiger partial charge is 0.118 e. The normalized spacial score (nSPS) is 7.43. The van der Waals surface area contributed by atoms with Gasteiger partial charge in [-0.15, -0.1) is 0 Å². The van der Waals surface area contributed by atoms with E-state index in [1.165, 1.54) is 5.56 Å². The summed E-state index contributed by atoms with van der Waals surface area (Å²) in [6.45, 7) is 8.14. The van der Waals surface area contributed by atoms with E-state index in [0.717, 1.165) is 12.2 Å². The van der Waals surface area contributed by atoms with Crippen molar-refractivity contribution in [3.05, 3.63) is 29.8 Å². The lowest BCUT2D eigenvalue weighted by atomic mass is 10.2. The van der Waals surface area contributed by atoms with Crippen molar-refractivity contribution in [2.45, 2.75) is 27.2 Å². The molecule has 1 aromatic rings. The van der Waals surface area contributed by atoms with E-state index in [1.807, 2.05) is 32.8 Å². The van der Waals surface area contributed by atoms with E-state index < -0.39 is 0 Å². The minimum atomic E-state index is 0.928. The van der Waals surface area contributed by atoms with Crippen LogP contribution < -0.4 is 4.74 Å². The summed E-state index contributed by atoms with van der Waals surface area (Å²) in [5, 5.41) is 0. The van der Waals surface area contributed by atoms with Crippen LogP contribution in [0.4, 0.5) is 0 Å². The Bertz CT molecular complexity index is 181. The number of hydrogen-bond acceptors (Lipinski definition) is 2. The van der Waals surface area contributed by atoms with Crippen LogP contribution in [0.5, 0.6) is 5.75 Å². The number of carbonyl (C=O) groups is 1. The van der Waals surface area contributed by atoms with Crippen LogP contribution >= 0.6 is 0 Å². The largest absolute Gasteiger partial charge is 0.497 e. The van der Waals surface area contributed by atoms with Crippen LogP contribution in [-0.4, -0.2) is 13.9 Å². The average molecular weight is 196 g/mol. The maximum Gasteiger partial charge on any atom is 0.118 e. The van der Waals surface area contributed by atoms with E-state index in [9.17, 15) is 0 Å². The fraction of sp³-hybridized carbons (Fsp3) is 0.417. The number of ether oxygens (including phenoxy) is 1. The topological polar surface area (TPSA) is 26.3 Å². The first-order valence-electron chi connectivity index (χ1n) is 4.78. The molecule has 1 aromatic carbocycles. The fourth-order valence-corrected chi connectivity index (χ4v) is 0.861. The van der Waals surface area contributed by atoms with Gasteiger partial charge in [0.25, 0.3) is 0 Å². The first-order valence-corrected chi connectivity index (χ1v) is 4.78. The van der Waals surface area contributed by atoms with Crippen LogP contribution in [0.1, 0.15) is 26.3 Å². The van der Waals surface area contributed by atoms with Gasteiger partial charge in [-0.05, 0) is 24.1 Å². The first-order chi connectivity index (χ1) is 6.86. The van der Waals surface area contributed by atoms with Gasteiger partial charge >= 0.3 is 0 Å². The van der Waals surface area contributed by atoms with Crippen LogP contribution in [0.2, 0.25) is 0 Å². The van der Waals surface area contributed by atoms with Crippen molar-refractivity contribution in [3.8, 4) is 5.75 Å². The average Bonchev–Trinajstić information content (AvgIpc) is 2.34. The van der Waals surface area contributed by atoms with E-state index in [2.05, 4.69) is 19.1 Å². The summed E-state index contributed by atoms with van der Waals surface area (Å²) in [4.78, 5) is 8.00. The number of methoxy groups -OCH3 is 1. The Hall–Kier alpha value is -1.31. The van der Waals surface area contributed by atoms with E-state index in [1.54, 1.807) is 7.11 Å². The van der Waals surface area contributed by atoms with E-state index >= 15 is 0 Å². The van der Waals surface area contributed by atoms with Gasteiger partial charge in [0.2, 0.25) is 0 Å². The summed E-state index contributed by atoms with van der Waals surface area (Å²) in [6, 6.07) is 8.13. The number of hydrogen-bond donors (Lipinski definition) is 0. The predicted octanol–water partition coefficient (Wildman–Crippen LogP) is 3.10. The molecule has 2 nitrogen and oxygen atoms in total. The number of rotatable bonds is 2. The molecular weight excluding hydrogens is 176 g/mol. The molecule has 0 atom stereocenters. The summed E-state index contributed by atoms with van der Waals surface area (Å²) >= 11 is 0. The van der Waals surface area contributed by atoms with E-state index in [4.69, 9.17) is 9.53 Å². The second-order valence-electron chi connectivity index (χ2n) is 2.20. The third-order valence-electron chi connectivity index (χ3n) is 1.57. The molecule has 0 fully saturated rings. The minimum Gasteiger partial charge on any atom is -0.497 e. The Morgan fingerprint density at radius 1 is 1.14 bits per heavy atom. The molecule has 2 heteroatoms. The lowest BCUT2D eigenvalue weighted by Gasteiger charge is -1.99. The van der Waals surface area contributed by atoms with Gasteiger partial charge in [-0.3, -0.25) is 0 Å². The molecule has 0 N–H and O–H groups in total. The highest BCUT2D eigenvalue weighted by Crippen LogP contribution is 2.10. The maximum atomic E-state index is 8.00. The molecule has 0 saturated heterocycles. The predicted molar refractivity (Wildman–Crippen MR) is 60.8 cm³/mol. The van der Waals surface area contributed by atoms with Gasteiger partial charge in [0.15, 0.2) is 0 Å². The van der Waals surface area contributed by atoms with Crippen LogP contribution in [0.15, 0.2) is 24.3 Å². The summed E-state index contributed by atoms with van der Waals surface area (Å²) in [5.74, 6) is 0.928. The Morgan fingerprint density at radius 3 is 1.86 bits per heavy atom. The van der Waals surface area contributed by atoms with E-state index in [0.29, 0.717) is 0 Å². The third kappa shape index (κ3) is 6.23. The number of aryl methyl sites for hydroxylation is 1. The molecule has 0 unspecified atom stereocenters. The molecule has 0 aromatic heterocycles. The highest BCUT2D eigenvalue weighted by atomic mass is 16.5. The molecule has 0 aliphatic carbocycles. The summed E-state index contributed by atoms with van der Waals surface area (Å²) in [5.41, 5.74) is 1.35. The zero-order valence-corrected chi connectivity index (χ0v) is 9.54. The van der Waals surface area contributed by atoms with Gasteiger partial charge in [-0.1, -0.05) is 32.9 Å². The Kier molecular flexibility index (Phi) is 12.7. The van der Waals surface area contributed by atoms with Crippen molar-refractivity contribution in [1.82, 2.24) is 0 Å². The molecule has 1 rings (SSSR count). The molecule has 0 aliphatic rings. The Labute approximate surface area is 86.9 Å². The van der Waals surface area contributed by atoms with Gasteiger partial charge in [0.05, 0.1) is 7.11 Å². The summed E-state index contributed by atoms with van der Waals surface area (Å²) in [6.07, 6.45) is 1.09. The molecule has 0 saturated carbocycles. The molecule has 14 heavy (non-hydrogen) atoms. The number of benzene rings is 1. The number of carbonyl (C=O) groups excluding carboxylic acids is 1. The molecule has 0 heterocycles. The zero-order valence-electron chi connectivity index (χ0n) is 9.54. The van der Waals surface area contributed by atoms with Crippen molar-refractivity contribution in [3.63, 3.8) is 0 Å². The van der Waals surface area contributed by atoms with Crippen LogP contribution in [-0.2, 0) is 11.2 Å². The van der Waals surface area contributed by atoms with Crippen LogP contribution in [0, 0.1) is 0 Å². The monoisotopic (exact) mass is 196 g/mol. The van der Waals surface area contributed by atoms with Crippen molar-refractivity contribution < 1.29 is 9.53 Å². The summed E-state index contributed by atoms with van der Waals surface area (Å²) < 4.78 is 5.01. The van der Waals surface area contributed by atoms with Gasteiger partial charge < -0.3 is 9.53 Å². The van der Waals surface area contributed by atoms with Crippen LogP contribution in [0.3, 0.4) is 0 Å². The third-order valence-corrected chi connectivity index (χ3v) is 1.57. The second kappa shape index (κ2) is 11.7. The summed E-state index contributed by atoms with van der Waals surface area (Å²) in [7, 11) is 1.68. The van der Waals surface area contributed by atoms with Crippen molar-refractivity contribution >= 4 is 6.79 Å². The van der Waals surface area contributed by atoms with E-state index in [-0.39, 0.29) is 0 Å². The van der Waals surface area contributed by atoms with Gasteiger partial charge in [-0.25, -0.2) is 0 Å². The highest BCUT2D eigenvalue weighted by Gasteiger charge is 1.89. The quantitative estimate of drug-likeness (QED) is 0.726. The van der Waals surface area contributed by atoms with Gasteiger partial charge in [-0.2, -0.15) is 0 Å². The highest BCUT2D eigenvalue weighted by molar-refractivity contribution is 5.26. The molecule has 80 valence electrons. The Morgan fingerprint density at radius 2 is 1.57 bits per heavy atom. The minimum absolute atomic E-state index is 0.928. The first kappa shape index (κ1) is 15.2. The van der Waals surface area contributed by atoms with Gasteiger partial charge in [0.1, 0.15) is 12.5 Å². The molecule has 0 bridgehead atoms. The second-order valence-corrected chi connectivity index (χ2v) is 2.20. The van der Waals surface area contributed by atoms with Crippen molar-refractivity contribution in [2.24, 2.45) is 0 Å². The fourth-order valence-electron chi connectivity index (χ4n) is 0.861. The molecule has 0 spiro atoms. The van der Waals surface area contributed by atoms with Crippen LogP contribution in [0.25, 0.3) is 0 Å². The van der Waals surface area contributed by atoms with Crippen molar-refractivity contribution in [2.75, 3.05) is 7.11 Å². The standard InChI is InChI=1S/C9H12O.C2H6.CH2O/c1-3-8-4-6-9(10-2)7-5-8;2*1-2/h4-7H,3H2,1-2H3;1-2H3;1H2. The lowest BCUT2D eigenvalue weighted by molar-refractivity contribution is -0.0979. The molecule has 0 aliphatic heterocycles. The molecule has 0 amide bonds. The Balaban J connectivity index is 0. The lowest BCUT2D eigenvalue weighted by Crippen LogP contribution is -1.83. The van der Waals surface area contributed by atoms with Crippen molar-refractivity contribution in [1.29, 1.82) is 0 Å². The zero-order chi connectivity index (χ0) is 11.4.